The molecule has 1 aromatic rings. The van der Waals surface area contributed by atoms with Gasteiger partial charge in [0.15, 0.2) is 0 Å². The van der Waals surface area contributed by atoms with Crippen LogP contribution in [0.1, 0.15) is 33.3 Å². The van der Waals surface area contributed by atoms with Crippen molar-refractivity contribution in [3.05, 3.63) is 28.2 Å². The normalized spacial score (nSPS) is 12.6. The van der Waals surface area contributed by atoms with Gasteiger partial charge in [-0.15, -0.1) is 0 Å². The van der Waals surface area contributed by atoms with Crippen molar-refractivity contribution < 1.29 is 14.3 Å². The number of rotatable bonds is 6. The molecule has 124 valence electrons. The maximum Gasteiger partial charge on any atom is 0.407 e. The lowest BCUT2D eigenvalue weighted by molar-refractivity contribution is 0.0508. The topological polar surface area (TPSA) is 59.6 Å². The molecule has 0 aromatic heterocycles. The summed E-state index contributed by atoms with van der Waals surface area (Å²) in [5.74, 6) is 0.819. The molecule has 0 heterocycles. The molecule has 5 nitrogen and oxygen atoms in total. The SMILES string of the molecule is COc1ccc(Br)c(CNCC(C)NC(=O)OC(C)(C)C)c1. The molecule has 1 atom stereocenters. The van der Waals surface area contributed by atoms with E-state index in [1.54, 1.807) is 7.11 Å². The van der Waals surface area contributed by atoms with Crippen LogP contribution in [0.2, 0.25) is 0 Å². The third-order valence-corrected chi connectivity index (χ3v) is 3.56. The van der Waals surface area contributed by atoms with Crippen LogP contribution in [-0.4, -0.2) is 31.4 Å². The smallest absolute Gasteiger partial charge is 0.407 e. The number of carbonyl (C=O) groups is 1. The van der Waals surface area contributed by atoms with Crippen molar-refractivity contribution >= 4 is 22.0 Å². The van der Waals surface area contributed by atoms with Gasteiger partial charge in [0.1, 0.15) is 11.4 Å². The predicted molar refractivity (Wildman–Crippen MR) is 91.2 cm³/mol. The fraction of sp³-hybridized carbons (Fsp3) is 0.562. The molecule has 0 saturated carbocycles. The van der Waals surface area contributed by atoms with E-state index in [-0.39, 0.29) is 6.04 Å². The monoisotopic (exact) mass is 372 g/mol. The molecular formula is C16H25BrN2O3. The van der Waals surface area contributed by atoms with Crippen LogP contribution in [-0.2, 0) is 11.3 Å². The lowest BCUT2D eigenvalue weighted by Gasteiger charge is -2.22. The van der Waals surface area contributed by atoms with E-state index in [0.717, 1.165) is 15.8 Å². The summed E-state index contributed by atoms with van der Waals surface area (Å²) in [4.78, 5) is 11.7. The van der Waals surface area contributed by atoms with E-state index >= 15 is 0 Å². The molecule has 0 bridgehead atoms. The molecule has 0 fully saturated rings. The van der Waals surface area contributed by atoms with Crippen LogP contribution < -0.4 is 15.4 Å². The minimum atomic E-state index is -0.483. The predicted octanol–water partition coefficient (Wildman–Crippen LogP) is 3.46. The largest absolute Gasteiger partial charge is 0.497 e. The number of methoxy groups -OCH3 is 1. The Balaban J connectivity index is 2.39. The zero-order chi connectivity index (χ0) is 16.8. The number of nitrogens with one attached hydrogen (secondary N) is 2. The Hall–Kier alpha value is -1.27. The van der Waals surface area contributed by atoms with E-state index in [2.05, 4.69) is 26.6 Å². The minimum absolute atomic E-state index is 0.0285. The van der Waals surface area contributed by atoms with E-state index in [1.165, 1.54) is 0 Å². The van der Waals surface area contributed by atoms with Crippen LogP contribution in [0, 0.1) is 0 Å². The number of carbonyl (C=O) groups excluding carboxylic acids is 1. The quantitative estimate of drug-likeness (QED) is 0.802. The molecular weight excluding hydrogens is 348 g/mol. The number of halogens is 1. The first-order valence-corrected chi connectivity index (χ1v) is 8.03. The summed E-state index contributed by atoms with van der Waals surface area (Å²) < 4.78 is 11.5. The van der Waals surface area contributed by atoms with Crippen LogP contribution in [0.5, 0.6) is 5.75 Å². The second kappa shape index (κ2) is 8.39. The minimum Gasteiger partial charge on any atom is -0.497 e. The van der Waals surface area contributed by atoms with E-state index in [0.29, 0.717) is 13.1 Å². The van der Waals surface area contributed by atoms with Gasteiger partial charge >= 0.3 is 6.09 Å². The van der Waals surface area contributed by atoms with Crippen molar-refractivity contribution in [1.82, 2.24) is 10.6 Å². The fourth-order valence-corrected chi connectivity index (χ4v) is 2.18. The lowest BCUT2D eigenvalue weighted by atomic mass is 10.2. The van der Waals surface area contributed by atoms with Crippen molar-refractivity contribution in [2.24, 2.45) is 0 Å². The van der Waals surface area contributed by atoms with Crippen LogP contribution >= 0.6 is 15.9 Å². The summed E-state index contributed by atoms with van der Waals surface area (Å²) in [6.45, 7) is 8.78. The molecule has 0 aliphatic rings. The second-order valence-corrected chi connectivity index (χ2v) is 6.99. The zero-order valence-electron chi connectivity index (χ0n) is 13.8. The molecule has 0 radical (unpaired) electrons. The number of amides is 1. The van der Waals surface area contributed by atoms with E-state index in [9.17, 15) is 4.79 Å². The molecule has 1 unspecified atom stereocenters. The summed E-state index contributed by atoms with van der Waals surface area (Å²) >= 11 is 3.51. The molecule has 1 aromatic carbocycles. The van der Waals surface area contributed by atoms with Gasteiger partial charge < -0.3 is 20.1 Å². The van der Waals surface area contributed by atoms with Crippen LogP contribution in [0.3, 0.4) is 0 Å². The third kappa shape index (κ3) is 7.13. The van der Waals surface area contributed by atoms with E-state index in [4.69, 9.17) is 9.47 Å². The molecule has 0 saturated heterocycles. The van der Waals surface area contributed by atoms with E-state index < -0.39 is 11.7 Å². The molecule has 1 rings (SSSR count). The lowest BCUT2D eigenvalue weighted by Crippen LogP contribution is -2.42. The average molecular weight is 373 g/mol. The number of hydrogen-bond acceptors (Lipinski definition) is 4. The Morgan fingerprint density at radius 2 is 2.05 bits per heavy atom. The summed E-state index contributed by atoms with van der Waals surface area (Å²) in [6, 6.07) is 5.81. The highest BCUT2D eigenvalue weighted by Gasteiger charge is 2.17. The Labute approximate surface area is 140 Å². The van der Waals surface area contributed by atoms with Gasteiger partial charge in [0.25, 0.3) is 0 Å². The van der Waals surface area contributed by atoms with Gasteiger partial charge in [-0.1, -0.05) is 15.9 Å². The number of alkyl carbamates (subject to hydrolysis) is 1. The molecule has 6 heteroatoms. The van der Waals surface area contributed by atoms with Crippen molar-refractivity contribution in [3.63, 3.8) is 0 Å². The van der Waals surface area contributed by atoms with E-state index in [1.807, 2.05) is 45.9 Å². The molecule has 0 aliphatic carbocycles. The van der Waals surface area contributed by atoms with Crippen LogP contribution in [0.25, 0.3) is 0 Å². The highest BCUT2D eigenvalue weighted by Crippen LogP contribution is 2.22. The average Bonchev–Trinajstić information content (AvgIpc) is 2.38. The third-order valence-electron chi connectivity index (χ3n) is 2.78. The Morgan fingerprint density at radius 1 is 1.36 bits per heavy atom. The Bertz CT molecular complexity index is 501. The van der Waals surface area contributed by atoms with Crippen molar-refractivity contribution in [3.8, 4) is 5.75 Å². The van der Waals surface area contributed by atoms with Crippen molar-refractivity contribution in [2.45, 2.75) is 45.9 Å². The maximum atomic E-state index is 11.7. The number of ether oxygens (including phenoxy) is 2. The standard InChI is InChI=1S/C16H25BrN2O3/c1-11(19-15(20)22-16(2,3)4)9-18-10-12-8-13(21-5)6-7-14(12)17/h6-8,11,18H,9-10H2,1-5H3,(H,19,20). The van der Waals surface area contributed by atoms with Crippen molar-refractivity contribution in [1.29, 1.82) is 0 Å². The van der Waals surface area contributed by atoms with Gasteiger partial charge in [-0.05, 0) is 51.5 Å². The second-order valence-electron chi connectivity index (χ2n) is 6.14. The first kappa shape index (κ1) is 18.8. The van der Waals surface area contributed by atoms with Gasteiger partial charge in [-0.2, -0.15) is 0 Å². The highest BCUT2D eigenvalue weighted by atomic mass is 79.9. The Morgan fingerprint density at radius 3 is 2.64 bits per heavy atom. The number of benzene rings is 1. The molecule has 0 aliphatic heterocycles. The Kier molecular flexibility index (Phi) is 7.16. The van der Waals surface area contributed by atoms with Gasteiger partial charge in [0.2, 0.25) is 0 Å². The van der Waals surface area contributed by atoms with Crippen LogP contribution in [0.4, 0.5) is 4.79 Å². The highest BCUT2D eigenvalue weighted by molar-refractivity contribution is 9.10. The number of hydrogen-bond donors (Lipinski definition) is 2. The zero-order valence-corrected chi connectivity index (χ0v) is 15.4. The summed E-state index contributed by atoms with van der Waals surface area (Å²) in [6.07, 6.45) is -0.399. The van der Waals surface area contributed by atoms with Gasteiger partial charge in [0, 0.05) is 23.6 Å². The molecule has 0 spiro atoms. The van der Waals surface area contributed by atoms with Crippen molar-refractivity contribution in [2.75, 3.05) is 13.7 Å². The molecule has 1 amide bonds. The molecule has 22 heavy (non-hydrogen) atoms. The first-order valence-electron chi connectivity index (χ1n) is 7.24. The maximum absolute atomic E-state index is 11.7. The summed E-state index contributed by atoms with van der Waals surface area (Å²) in [7, 11) is 1.65. The van der Waals surface area contributed by atoms with Gasteiger partial charge in [0.05, 0.1) is 7.11 Å². The fourth-order valence-electron chi connectivity index (χ4n) is 1.80. The van der Waals surface area contributed by atoms with Gasteiger partial charge in [-0.3, -0.25) is 0 Å². The summed E-state index contributed by atoms with van der Waals surface area (Å²) in [5, 5.41) is 6.11. The first-order chi connectivity index (χ1) is 10.2. The van der Waals surface area contributed by atoms with Crippen LogP contribution in [0.15, 0.2) is 22.7 Å². The van der Waals surface area contributed by atoms with Gasteiger partial charge in [-0.25, -0.2) is 4.79 Å². The summed E-state index contributed by atoms with van der Waals surface area (Å²) in [5.41, 5.74) is 0.617. The molecule has 2 N–H and O–H groups in total.